The van der Waals surface area contributed by atoms with E-state index in [0.29, 0.717) is 22.5 Å². The summed E-state index contributed by atoms with van der Waals surface area (Å²) in [6, 6.07) is 22.7. The largest absolute Gasteiger partial charge is 0.416 e. The summed E-state index contributed by atoms with van der Waals surface area (Å²) in [6.07, 6.45) is -6.24. The number of aromatic nitrogens is 3. The molecule has 0 saturated carbocycles. The summed E-state index contributed by atoms with van der Waals surface area (Å²) < 4.78 is 40.9. The molecule has 0 bridgehead atoms. The number of nitrogens with zero attached hydrogens (tertiary/aromatic N) is 3. The molecule has 0 aliphatic heterocycles. The molecule has 0 fully saturated rings. The van der Waals surface area contributed by atoms with Crippen LogP contribution in [0.2, 0.25) is 0 Å². The summed E-state index contributed by atoms with van der Waals surface area (Å²) in [5.74, 6) is 0. The van der Waals surface area contributed by atoms with Gasteiger partial charge in [0.2, 0.25) is 0 Å². The van der Waals surface area contributed by atoms with E-state index in [1.807, 2.05) is 12.1 Å². The molecule has 1 aromatic heterocycles. The highest BCUT2D eigenvalue weighted by atomic mass is 19.4. The minimum atomic E-state index is -4.64. The Balaban J connectivity index is 1.79. The molecule has 0 aliphatic rings. The van der Waals surface area contributed by atoms with E-state index in [1.165, 1.54) is 18.2 Å². The fourth-order valence-corrected chi connectivity index (χ4v) is 3.43. The molecular weight excluding hydrogens is 419 g/mol. The van der Waals surface area contributed by atoms with E-state index in [-0.39, 0.29) is 5.56 Å². The van der Waals surface area contributed by atoms with Crippen LogP contribution in [0.3, 0.4) is 0 Å². The monoisotopic (exact) mass is 437 g/mol. The first-order valence-electron chi connectivity index (χ1n) is 9.79. The Kier molecular flexibility index (Phi) is 5.87. The van der Waals surface area contributed by atoms with Crippen molar-refractivity contribution in [2.24, 2.45) is 0 Å². The SMILES string of the molecule is O=c1nc(-c2ccccc2)c(-c2ccccc2)nn1CC(O)c1ccccc1C(F)(F)F. The van der Waals surface area contributed by atoms with Crippen molar-refractivity contribution in [2.45, 2.75) is 18.8 Å². The molecule has 1 atom stereocenters. The molecule has 3 aromatic carbocycles. The molecule has 8 heteroatoms. The van der Waals surface area contributed by atoms with E-state index in [4.69, 9.17) is 0 Å². The van der Waals surface area contributed by atoms with Gasteiger partial charge < -0.3 is 5.11 Å². The molecule has 32 heavy (non-hydrogen) atoms. The summed E-state index contributed by atoms with van der Waals surface area (Å²) in [5.41, 5.74) is 0.0201. The number of rotatable bonds is 5. The van der Waals surface area contributed by atoms with Crippen molar-refractivity contribution in [1.29, 1.82) is 0 Å². The molecule has 1 heterocycles. The fourth-order valence-electron chi connectivity index (χ4n) is 3.43. The quantitative estimate of drug-likeness (QED) is 0.490. The number of hydrogen-bond donors (Lipinski definition) is 1. The van der Waals surface area contributed by atoms with Crippen molar-refractivity contribution in [3.05, 3.63) is 107 Å². The summed E-state index contributed by atoms with van der Waals surface area (Å²) in [7, 11) is 0. The Labute approximate surface area is 181 Å². The van der Waals surface area contributed by atoms with E-state index in [2.05, 4.69) is 10.1 Å². The fraction of sp³-hybridized carbons (Fsp3) is 0.125. The van der Waals surface area contributed by atoms with Gasteiger partial charge in [-0.25, -0.2) is 9.48 Å². The van der Waals surface area contributed by atoms with E-state index in [1.54, 1.807) is 48.5 Å². The summed E-state index contributed by atoms with van der Waals surface area (Å²) >= 11 is 0. The summed E-state index contributed by atoms with van der Waals surface area (Å²) in [4.78, 5) is 16.9. The third kappa shape index (κ3) is 4.45. The van der Waals surface area contributed by atoms with Gasteiger partial charge in [-0.15, -0.1) is 0 Å². The number of halogens is 3. The summed E-state index contributed by atoms with van der Waals surface area (Å²) in [6.45, 7) is -0.478. The van der Waals surface area contributed by atoms with Crippen LogP contribution in [0.1, 0.15) is 17.2 Å². The van der Waals surface area contributed by atoms with E-state index >= 15 is 0 Å². The zero-order valence-corrected chi connectivity index (χ0v) is 16.7. The first-order valence-corrected chi connectivity index (χ1v) is 9.79. The van der Waals surface area contributed by atoms with Crippen LogP contribution in [-0.4, -0.2) is 19.9 Å². The van der Waals surface area contributed by atoms with Crippen LogP contribution in [0.5, 0.6) is 0 Å². The number of benzene rings is 3. The minimum Gasteiger partial charge on any atom is -0.386 e. The minimum absolute atomic E-state index is 0.331. The Bertz CT molecular complexity index is 1270. The average molecular weight is 437 g/mol. The van der Waals surface area contributed by atoms with Gasteiger partial charge in [0.1, 0.15) is 11.4 Å². The van der Waals surface area contributed by atoms with E-state index in [0.717, 1.165) is 10.7 Å². The number of aliphatic hydroxyl groups is 1. The molecule has 0 radical (unpaired) electrons. The first-order chi connectivity index (χ1) is 15.3. The van der Waals surface area contributed by atoms with Gasteiger partial charge in [0.25, 0.3) is 0 Å². The Morgan fingerprint density at radius 2 is 1.34 bits per heavy atom. The van der Waals surface area contributed by atoms with Crippen LogP contribution in [0, 0.1) is 0 Å². The molecular formula is C24H18F3N3O2. The standard InChI is InChI=1S/C24H18F3N3O2/c25-24(26,27)19-14-8-7-13-18(19)20(31)15-30-23(32)28-21(16-9-3-1-4-10-16)22(29-30)17-11-5-2-6-12-17/h1-14,20,31H,15H2. The predicted molar refractivity (Wildman–Crippen MR) is 114 cm³/mol. The highest BCUT2D eigenvalue weighted by Gasteiger charge is 2.34. The molecule has 162 valence electrons. The van der Waals surface area contributed by atoms with Crippen LogP contribution in [0.15, 0.2) is 89.7 Å². The maximum Gasteiger partial charge on any atom is 0.416 e. The zero-order chi connectivity index (χ0) is 22.7. The van der Waals surface area contributed by atoms with Gasteiger partial charge in [-0.05, 0) is 11.6 Å². The third-order valence-electron chi connectivity index (χ3n) is 4.94. The van der Waals surface area contributed by atoms with Crippen LogP contribution < -0.4 is 5.69 Å². The lowest BCUT2D eigenvalue weighted by molar-refractivity contribution is -0.139. The van der Waals surface area contributed by atoms with Gasteiger partial charge in [0.15, 0.2) is 0 Å². The normalized spacial score (nSPS) is 12.5. The zero-order valence-electron chi connectivity index (χ0n) is 16.7. The third-order valence-corrected chi connectivity index (χ3v) is 4.94. The van der Waals surface area contributed by atoms with Crippen LogP contribution in [0.4, 0.5) is 13.2 Å². The first kappa shape index (κ1) is 21.5. The van der Waals surface area contributed by atoms with Gasteiger partial charge in [0, 0.05) is 11.1 Å². The second kappa shape index (κ2) is 8.76. The number of hydrogen-bond acceptors (Lipinski definition) is 4. The van der Waals surface area contributed by atoms with Gasteiger partial charge in [-0.3, -0.25) is 0 Å². The molecule has 0 saturated heterocycles. The lowest BCUT2D eigenvalue weighted by atomic mass is 10.0. The smallest absolute Gasteiger partial charge is 0.386 e. The van der Waals surface area contributed by atoms with Crippen molar-refractivity contribution >= 4 is 0 Å². The maximum absolute atomic E-state index is 13.3. The molecule has 4 aromatic rings. The lowest BCUT2D eigenvalue weighted by Crippen LogP contribution is -2.30. The molecule has 0 amide bonds. The van der Waals surface area contributed by atoms with E-state index in [9.17, 15) is 23.1 Å². The van der Waals surface area contributed by atoms with Crippen LogP contribution in [0.25, 0.3) is 22.5 Å². The highest BCUT2D eigenvalue weighted by molar-refractivity contribution is 5.77. The van der Waals surface area contributed by atoms with Gasteiger partial charge in [-0.1, -0.05) is 78.9 Å². The molecule has 1 N–H and O–H groups in total. The highest BCUT2D eigenvalue weighted by Crippen LogP contribution is 2.35. The van der Waals surface area contributed by atoms with Gasteiger partial charge in [0.05, 0.1) is 18.2 Å². The Morgan fingerprint density at radius 1 is 0.812 bits per heavy atom. The Hall–Kier alpha value is -3.78. The van der Waals surface area contributed by atoms with Crippen molar-refractivity contribution < 1.29 is 18.3 Å². The average Bonchev–Trinajstić information content (AvgIpc) is 2.80. The van der Waals surface area contributed by atoms with Crippen molar-refractivity contribution in [1.82, 2.24) is 14.8 Å². The van der Waals surface area contributed by atoms with Crippen molar-refractivity contribution in [2.75, 3.05) is 0 Å². The Morgan fingerprint density at radius 3 is 1.94 bits per heavy atom. The molecule has 4 rings (SSSR count). The second-order valence-corrected chi connectivity index (χ2v) is 7.11. The number of alkyl halides is 3. The van der Waals surface area contributed by atoms with E-state index < -0.39 is 30.1 Å². The predicted octanol–water partition coefficient (Wildman–Crippen LogP) is 4.72. The molecule has 5 nitrogen and oxygen atoms in total. The lowest BCUT2D eigenvalue weighted by Gasteiger charge is -2.18. The molecule has 0 spiro atoms. The van der Waals surface area contributed by atoms with Crippen molar-refractivity contribution in [3.63, 3.8) is 0 Å². The maximum atomic E-state index is 13.3. The van der Waals surface area contributed by atoms with Crippen molar-refractivity contribution in [3.8, 4) is 22.5 Å². The number of aliphatic hydroxyl groups excluding tert-OH is 1. The molecule has 1 unspecified atom stereocenters. The molecule has 0 aliphatic carbocycles. The van der Waals surface area contributed by atoms with Gasteiger partial charge >= 0.3 is 11.9 Å². The second-order valence-electron chi connectivity index (χ2n) is 7.11. The van der Waals surface area contributed by atoms with Crippen LogP contribution >= 0.6 is 0 Å². The van der Waals surface area contributed by atoms with Gasteiger partial charge in [-0.2, -0.15) is 23.3 Å². The topological polar surface area (TPSA) is 68.0 Å². The summed E-state index contributed by atoms with van der Waals surface area (Å²) in [5, 5.41) is 14.9. The van der Waals surface area contributed by atoms with Crippen LogP contribution in [-0.2, 0) is 12.7 Å².